The second kappa shape index (κ2) is 10.8. The molecule has 0 fully saturated rings. The lowest BCUT2D eigenvalue weighted by Crippen LogP contribution is -2.33. The number of ether oxygens (including phenoxy) is 1. The molecule has 0 saturated carbocycles. The molecule has 0 aliphatic carbocycles. The highest BCUT2D eigenvalue weighted by Gasteiger charge is 2.20. The molecular formula is C25H27N3O5S. The van der Waals surface area contributed by atoms with Crippen LogP contribution in [0.3, 0.4) is 0 Å². The number of sulfone groups is 1. The Morgan fingerprint density at radius 1 is 1.09 bits per heavy atom. The van der Waals surface area contributed by atoms with Crippen LogP contribution in [0.25, 0.3) is 11.1 Å². The number of carbonyl (C=O) groups excluding carboxylic acids is 1. The molecule has 3 aromatic rings. The molecule has 0 radical (unpaired) electrons. The van der Waals surface area contributed by atoms with Gasteiger partial charge < -0.3 is 21.0 Å². The van der Waals surface area contributed by atoms with Gasteiger partial charge in [0.2, 0.25) is 0 Å². The monoisotopic (exact) mass is 481 g/mol. The second-order valence-corrected chi connectivity index (χ2v) is 9.73. The summed E-state index contributed by atoms with van der Waals surface area (Å²) in [5, 5.41) is 14.7. The van der Waals surface area contributed by atoms with Crippen LogP contribution < -0.4 is 15.8 Å². The van der Waals surface area contributed by atoms with Gasteiger partial charge in [0.15, 0.2) is 21.8 Å². The Morgan fingerprint density at radius 2 is 1.79 bits per heavy atom. The van der Waals surface area contributed by atoms with E-state index in [4.69, 9.17) is 15.7 Å². The number of carbonyl (C=O) groups is 1. The Labute approximate surface area is 199 Å². The van der Waals surface area contributed by atoms with Crippen molar-refractivity contribution < 1.29 is 23.2 Å². The number of hydrogen-bond acceptors (Lipinski definition) is 6. The van der Waals surface area contributed by atoms with Crippen molar-refractivity contribution in [2.45, 2.75) is 30.8 Å². The molecule has 0 unspecified atom stereocenters. The summed E-state index contributed by atoms with van der Waals surface area (Å²) < 4.78 is 30.1. The maximum atomic E-state index is 12.9. The molecule has 8 nitrogen and oxygen atoms in total. The van der Waals surface area contributed by atoms with E-state index < -0.39 is 15.9 Å². The number of nitrogens with one attached hydrogen (secondary N) is 1. The standard InChI is InChI=1S/C25H27N3O5S/c1-3-7-22(33-20-9-6-8-18(16-20)24(26)28-30)25(29)27-19-14-12-17(13-15-19)21-10-4-5-11-23(21)34(2,31)32/h4-6,8-16,22,30H,3,7H2,1-2H3,(H2,26,28)(H,27,29)/t22-/m1/s1. The Hall–Kier alpha value is -3.85. The number of rotatable bonds is 9. The molecule has 9 heteroatoms. The summed E-state index contributed by atoms with van der Waals surface area (Å²) in [4.78, 5) is 13.2. The van der Waals surface area contributed by atoms with Gasteiger partial charge in [-0.25, -0.2) is 8.42 Å². The van der Waals surface area contributed by atoms with Gasteiger partial charge >= 0.3 is 0 Å². The van der Waals surface area contributed by atoms with Gasteiger partial charge in [0, 0.05) is 23.1 Å². The van der Waals surface area contributed by atoms with Gasteiger partial charge in [-0.05, 0) is 42.3 Å². The lowest BCUT2D eigenvalue weighted by Gasteiger charge is -2.19. The first-order valence-corrected chi connectivity index (χ1v) is 12.6. The number of anilines is 1. The summed E-state index contributed by atoms with van der Waals surface area (Å²) in [6.07, 6.45) is 1.63. The number of hydrogen-bond donors (Lipinski definition) is 3. The minimum atomic E-state index is -3.38. The Bertz CT molecular complexity index is 1290. The van der Waals surface area contributed by atoms with Crippen molar-refractivity contribution >= 4 is 27.3 Å². The van der Waals surface area contributed by atoms with Crippen molar-refractivity contribution in [2.75, 3.05) is 11.6 Å². The lowest BCUT2D eigenvalue weighted by molar-refractivity contribution is -0.123. The van der Waals surface area contributed by atoms with E-state index in [1.54, 1.807) is 72.8 Å². The molecule has 4 N–H and O–H groups in total. The van der Waals surface area contributed by atoms with E-state index in [-0.39, 0.29) is 16.6 Å². The summed E-state index contributed by atoms with van der Waals surface area (Å²) in [7, 11) is -3.38. The summed E-state index contributed by atoms with van der Waals surface area (Å²) in [6, 6.07) is 20.4. The van der Waals surface area contributed by atoms with Gasteiger partial charge in [0.25, 0.3) is 5.91 Å². The molecule has 0 bridgehead atoms. The largest absolute Gasteiger partial charge is 0.481 e. The molecule has 178 valence electrons. The fourth-order valence-corrected chi connectivity index (χ4v) is 4.35. The average Bonchev–Trinajstić information content (AvgIpc) is 2.83. The highest BCUT2D eigenvalue weighted by molar-refractivity contribution is 7.90. The van der Waals surface area contributed by atoms with Crippen LogP contribution in [0.15, 0.2) is 82.8 Å². The minimum absolute atomic E-state index is 0.0560. The van der Waals surface area contributed by atoms with Crippen molar-refractivity contribution in [3.8, 4) is 16.9 Å². The molecule has 0 heterocycles. The van der Waals surface area contributed by atoms with Crippen LogP contribution in [0.1, 0.15) is 25.3 Å². The van der Waals surface area contributed by atoms with Gasteiger partial charge in [0.1, 0.15) is 5.75 Å². The highest BCUT2D eigenvalue weighted by Crippen LogP contribution is 2.28. The summed E-state index contributed by atoms with van der Waals surface area (Å²) in [6.45, 7) is 1.95. The summed E-state index contributed by atoms with van der Waals surface area (Å²) in [5.41, 5.74) is 7.98. The van der Waals surface area contributed by atoms with Crippen LogP contribution in [0, 0.1) is 0 Å². The molecule has 1 amide bonds. The first-order valence-electron chi connectivity index (χ1n) is 10.7. The van der Waals surface area contributed by atoms with E-state index in [2.05, 4.69) is 10.5 Å². The van der Waals surface area contributed by atoms with Gasteiger partial charge in [-0.15, -0.1) is 0 Å². The number of nitrogens with zero attached hydrogens (tertiary/aromatic N) is 1. The van der Waals surface area contributed by atoms with E-state index in [0.717, 1.165) is 12.0 Å². The van der Waals surface area contributed by atoms with E-state index >= 15 is 0 Å². The zero-order valence-electron chi connectivity index (χ0n) is 18.9. The van der Waals surface area contributed by atoms with Gasteiger partial charge in [-0.3, -0.25) is 4.79 Å². The molecule has 3 aromatic carbocycles. The molecule has 3 rings (SSSR count). The van der Waals surface area contributed by atoms with Crippen molar-refractivity contribution in [2.24, 2.45) is 10.9 Å². The maximum Gasteiger partial charge on any atom is 0.265 e. The van der Waals surface area contributed by atoms with Crippen LogP contribution in [0.2, 0.25) is 0 Å². The molecule has 0 spiro atoms. The Morgan fingerprint density at radius 3 is 2.44 bits per heavy atom. The fraction of sp³-hybridized carbons (Fsp3) is 0.200. The third-order valence-corrected chi connectivity index (χ3v) is 6.26. The molecule has 34 heavy (non-hydrogen) atoms. The van der Waals surface area contributed by atoms with Gasteiger partial charge in [0.05, 0.1) is 4.90 Å². The molecule has 1 atom stereocenters. The molecular weight excluding hydrogens is 454 g/mol. The average molecular weight is 482 g/mol. The van der Waals surface area contributed by atoms with Gasteiger partial charge in [-0.1, -0.05) is 61.0 Å². The van der Waals surface area contributed by atoms with E-state index in [0.29, 0.717) is 29.0 Å². The van der Waals surface area contributed by atoms with Crippen LogP contribution >= 0.6 is 0 Å². The molecule has 0 aliphatic heterocycles. The van der Waals surface area contributed by atoms with E-state index in [1.807, 2.05) is 6.92 Å². The molecule has 0 aromatic heterocycles. The number of amidine groups is 1. The minimum Gasteiger partial charge on any atom is -0.481 e. The summed E-state index contributed by atoms with van der Waals surface area (Å²) >= 11 is 0. The third-order valence-electron chi connectivity index (χ3n) is 5.11. The van der Waals surface area contributed by atoms with Crippen molar-refractivity contribution in [3.63, 3.8) is 0 Å². The normalized spacial score (nSPS) is 12.7. The SMILES string of the molecule is CCC[C@@H](Oc1cccc(/C(N)=N/O)c1)C(=O)Nc1ccc(-c2ccccc2S(C)(=O)=O)cc1. The van der Waals surface area contributed by atoms with E-state index in [9.17, 15) is 13.2 Å². The molecule has 0 aliphatic rings. The zero-order chi connectivity index (χ0) is 24.7. The number of oxime groups is 1. The smallest absolute Gasteiger partial charge is 0.265 e. The highest BCUT2D eigenvalue weighted by atomic mass is 32.2. The van der Waals surface area contributed by atoms with Crippen LogP contribution in [-0.4, -0.2) is 37.7 Å². The predicted molar refractivity (Wildman–Crippen MR) is 132 cm³/mol. The summed E-state index contributed by atoms with van der Waals surface area (Å²) in [5.74, 6) is 0.0465. The van der Waals surface area contributed by atoms with Crippen LogP contribution in [-0.2, 0) is 14.6 Å². The fourth-order valence-electron chi connectivity index (χ4n) is 3.44. The van der Waals surface area contributed by atoms with E-state index in [1.165, 1.54) is 6.26 Å². The van der Waals surface area contributed by atoms with Crippen LogP contribution in [0.4, 0.5) is 5.69 Å². The predicted octanol–water partition coefficient (Wildman–Crippen LogP) is 4.04. The molecule has 0 saturated heterocycles. The maximum absolute atomic E-state index is 12.9. The van der Waals surface area contributed by atoms with Crippen LogP contribution in [0.5, 0.6) is 5.75 Å². The van der Waals surface area contributed by atoms with Crippen molar-refractivity contribution in [3.05, 3.63) is 78.4 Å². The Balaban J connectivity index is 1.76. The first-order chi connectivity index (χ1) is 16.2. The van der Waals surface area contributed by atoms with Crippen molar-refractivity contribution in [1.82, 2.24) is 0 Å². The lowest BCUT2D eigenvalue weighted by atomic mass is 10.1. The first kappa shape index (κ1) is 24.8. The Kier molecular flexibility index (Phi) is 7.91. The van der Waals surface area contributed by atoms with Crippen molar-refractivity contribution in [1.29, 1.82) is 0 Å². The third kappa shape index (κ3) is 6.14. The zero-order valence-corrected chi connectivity index (χ0v) is 19.7. The number of nitrogens with two attached hydrogens (primary N) is 1. The number of amides is 1. The quantitative estimate of drug-likeness (QED) is 0.183. The van der Waals surface area contributed by atoms with Gasteiger partial charge in [-0.2, -0.15) is 0 Å². The second-order valence-electron chi connectivity index (χ2n) is 7.74. The topological polar surface area (TPSA) is 131 Å². The number of benzene rings is 3.